The zero-order chi connectivity index (χ0) is 18.1. The van der Waals surface area contributed by atoms with Crippen LogP contribution in [0.3, 0.4) is 0 Å². The van der Waals surface area contributed by atoms with Gasteiger partial charge in [-0.1, -0.05) is 35.4 Å². The first-order valence-corrected chi connectivity index (χ1v) is 7.79. The second kappa shape index (κ2) is 9.24. The molecule has 130 valence electrons. The van der Waals surface area contributed by atoms with Crippen LogP contribution in [0.25, 0.3) is 10.4 Å². The van der Waals surface area contributed by atoms with Gasteiger partial charge in [0.1, 0.15) is 6.17 Å². The number of hydrogen-bond donors (Lipinski definition) is 2. The third kappa shape index (κ3) is 6.48. The molecule has 0 aliphatic heterocycles. The second-order valence-electron chi connectivity index (χ2n) is 5.52. The highest BCUT2D eigenvalue weighted by Crippen LogP contribution is 2.11. The largest absolute Gasteiger partial charge is 0.326 e. The number of rotatable bonds is 8. The molecule has 0 fully saturated rings. The molecule has 7 nitrogen and oxygen atoms in total. The molecule has 1 amide bonds. The Morgan fingerprint density at radius 3 is 2.80 bits per heavy atom. The van der Waals surface area contributed by atoms with Gasteiger partial charge in [0.15, 0.2) is 0 Å². The lowest BCUT2D eigenvalue weighted by atomic mass is 10.1. The van der Waals surface area contributed by atoms with Gasteiger partial charge in [-0.15, -0.1) is 0 Å². The minimum atomic E-state index is -1.28. The van der Waals surface area contributed by atoms with Crippen molar-refractivity contribution in [3.63, 3.8) is 0 Å². The standard InChI is InChI=1S/C17H18FN5O2/c18-13(11-20-23-19)6-7-14-9-15(10-17(25)21-14)22-16(24)8-12-4-2-1-3-5-12/h1-5,9-10,13H,6-8,11H2,(H2,21,22,24,25). The highest BCUT2D eigenvalue weighted by atomic mass is 19.1. The Balaban J connectivity index is 1.97. The van der Waals surface area contributed by atoms with Crippen LogP contribution in [0.15, 0.2) is 52.4 Å². The van der Waals surface area contributed by atoms with Gasteiger partial charge in [0.2, 0.25) is 11.5 Å². The summed E-state index contributed by atoms with van der Waals surface area (Å²) in [6.45, 7) is -0.242. The van der Waals surface area contributed by atoms with E-state index in [1.807, 2.05) is 30.3 Å². The Labute approximate surface area is 143 Å². The minimum Gasteiger partial charge on any atom is -0.326 e. The molecule has 0 aliphatic carbocycles. The van der Waals surface area contributed by atoms with Crippen LogP contribution in [0.4, 0.5) is 10.1 Å². The number of anilines is 1. The van der Waals surface area contributed by atoms with Gasteiger partial charge in [0.25, 0.3) is 0 Å². The fourth-order valence-corrected chi connectivity index (χ4v) is 2.32. The third-order valence-electron chi connectivity index (χ3n) is 3.46. The normalized spacial score (nSPS) is 11.4. The summed E-state index contributed by atoms with van der Waals surface area (Å²) in [4.78, 5) is 28.9. The van der Waals surface area contributed by atoms with Crippen LogP contribution in [0.2, 0.25) is 0 Å². The van der Waals surface area contributed by atoms with Gasteiger partial charge < -0.3 is 10.3 Å². The van der Waals surface area contributed by atoms with Crippen LogP contribution in [0.1, 0.15) is 17.7 Å². The fourth-order valence-electron chi connectivity index (χ4n) is 2.32. The van der Waals surface area contributed by atoms with Gasteiger partial charge in [-0.2, -0.15) is 0 Å². The molecular weight excluding hydrogens is 325 g/mol. The Morgan fingerprint density at radius 1 is 1.32 bits per heavy atom. The van der Waals surface area contributed by atoms with Gasteiger partial charge in [-0.25, -0.2) is 4.39 Å². The van der Waals surface area contributed by atoms with E-state index in [-0.39, 0.29) is 37.3 Å². The van der Waals surface area contributed by atoms with Crippen molar-refractivity contribution in [2.45, 2.75) is 25.4 Å². The number of halogens is 1. The number of pyridine rings is 1. The summed E-state index contributed by atoms with van der Waals surface area (Å²) in [7, 11) is 0. The van der Waals surface area contributed by atoms with Crippen molar-refractivity contribution in [1.82, 2.24) is 4.98 Å². The Hall–Kier alpha value is -3.12. The van der Waals surface area contributed by atoms with E-state index in [1.54, 1.807) is 6.07 Å². The van der Waals surface area contributed by atoms with E-state index >= 15 is 0 Å². The van der Waals surface area contributed by atoms with Gasteiger partial charge in [-0.3, -0.25) is 9.59 Å². The molecule has 1 heterocycles. The molecule has 2 rings (SSSR count). The molecule has 0 saturated heterocycles. The number of hydrogen-bond acceptors (Lipinski definition) is 3. The first kappa shape index (κ1) is 18.2. The lowest BCUT2D eigenvalue weighted by molar-refractivity contribution is -0.115. The zero-order valence-corrected chi connectivity index (χ0v) is 13.5. The number of benzene rings is 1. The molecule has 1 aromatic heterocycles. The second-order valence-corrected chi connectivity index (χ2v) is 5.52. The van der Waals surface area contributed by atoms with Crippen LogP contribution < -0.4 is 10.9 Å². The molecule has 1 unspecified atom stereocenters. The predicted octanol–water partition coefficient (Wildman–Crippen LogP) is 3.14. The number of carbonyl (C=O) groups excluding carboxylic acids is 1. The molecule has 1 atom stereocenters. The zero-order valence-electron chi connectivity index (χ0n) is 13.5. The Kier molecular flexibility index (Phi) is 6.74. The average molecular weight is 343 g/mol. The van der Waals surface area contributed by atoms with Gasteiger partial charge in [0, 0.05) is 22.4 Å². The summed E-state index contributed by atoms with van der Waals surface area (Å²) in [5.41, 5.74) is 9.53. The molecule has 0 saturated carbocycles. The minimum absolute atomic E-state index is 0.108. The first-order valence-electron chi connectivity index (χ1n) is 7.79. The Morgan fingerprint density at radius 2 is 2.08 bits per heavy atom. The SMILES string of the molecule is [N-]=[N+]=NCC(F)CCc1cc(NC(=O)Cc2ccccc2)cc(=O)[nH]1. The molecule has 2 N–H and O–H groups in total. The topological polar surface area (TPSA) is 111 Å². The number of nitrogens with one attached hydrogen (secondary N) is 2. The summed E-state index contributed by atoms with van der Waals surface area (Å²) in [6.07, 6.45) is -0.714. The quantitative estimate of drug-likeness (QED) is 0.436. The predicted molar refractivity (Wildman–Crippen MR) is 93.1 cm³/mol. The number of aryl methyl sites for hydroxylation is 1. The average Bonchev–Trinajstić information content (AvgIpc) is 2.58. The van der Waals surface area contributed by atoms with Crippen molar-refractivity contribution in [2.75, 3.05) is 11.9 Å². The van der Waals surface area contributed by atoms with Crippen molar-refractivity contribution in [1.29, 1.82) is 0 Å². The first-order chi connectivity index (χ1) is 12.1. The van der Waals surface area contributed by atoms with Crippen molar-refractivity contribution < 1.29 is 9.18 Å². The van der Waals surface area contributed by atoms with E-state index in [9.17, 15) is 14.0 Å². The molecular formula is C17H18FN5O2. The fraction of sp³-hybridized carbons (Fsp3) is 0.294. The number of H-pyrrole nitrogens is 1. The molecule has 1 aromatic carbocycles. The van der Waals surface area contributed by atoms with Crippen LogP contribution in [-0.2, 0) is 17.6 Å². The molecule has 0 radical (unpaired) electrons. The number of nitrogens with zero attached hydrogens (tertiary/aromatic N) is 3. The number of carbonyl (C=O) groups is 1. The van der Waals surface area contributed by atoms with Gasteiger partial charge in [-0.05, 0) is 30.0 Å². The number of azide groups is 1. The van der Waals surface area contributed by atoms with Gasteiger partial charge >= 0.3 is 0 Å². The lowest BCUT2D eigenvalue weighted by Crippen LogP contribution is -2.18. The van der Waals surface area contributed by atoms with Crippen LogP contribution >= 0.6 is 0 Å². The monoisotopic (exact) mass is 343 g/mol. The summed E-state index contributed by atoms with van der Waals surface area (Å²) in [5.74, 6) is -0.241. The van der Waals surface area contributed by atoms with Crippen molar-refractivity contribution in [3.8, 4) is 0 Å². The van der Waals surface area contributed by atoms with E-state index in [2.05, 4.69) is 20.3 Å². The number of aromatic amines is 1. The van der Waals surface area contributed by atoms with E-state index in [4.69, 9.17) is 5.53 Å². The maximum atomic E-state index is 13.5. The third-order valence-corrected chi connectivity index (χ3v) is 3.46. The van der Waals surface area contributed by atoms with Gasteiger partial charge in [0.05, 0.1) is 13.0 Å². The lowest BCUT2D eigenvalue weighted by Gasteiger charge is -2.08. The smallest absolute Gasteiger partial charge is 0.250 e. The maximum absolute atomic E-state index is 13.5. The summed E-state index contributed by atoms with van der Waals surface area (Å²) >= 11 is 0. The Bertz CT molecular complexity index is 815. The highest BCUT2D eigenvalue weighted by Gasteiger charge is 2.09. The summed E-state index contributed by atoms with van der Waals surface area (Å²) in [5, 5.41) is 5.85. The highest BCUT2D eigenvalue weighted by molar-refractivity contribution is 5.92. The number of alkyl halides is 1. The van der Waals surface area contributed by atoms with Crippen LogP contribution in [-0.4, -0.2) is 23.6 Å². The van der Waals surface area contributed by atoms with Crippen molar-refractivity contribution >= 4 is 11.6 Å². The molecule has 0 spiro atoms. The van der Waals surface area contributed by atoms with Crippen LogP contribution in [0, 0.1) is 0 Å². The van der Waals surface area contributed by atoms with E-state index in [0.29, 0.717) is 11.4 Å². The molecule has 2 aromatic rings. The van der Waals surface area contributed by atoms with E-state index in [1.165, 1.54) is 6.07 Å². The molecule has 0 aliphatic rings. The summed E-state index contributed by atoms with van der Waals surface area (Å²) < 4.78 is 13.5. The molecule has 0 bridgehead atoms. The maximum Gasteiger partial charge on any atom is 0.250 e. The van der Waals surface area contributed by atoms with Crippen molar-refractivity contribution in [2.24, 2.45) is 5.11 Å². The van der Waals surface area contributed by atoms with Crippen LogP contribution in [0.5, 0.6) is 0 Å². The van der Waals surface area contributed by atoms with E-state index in [0.717, 1.165) is 5.56 Å². The molecule has 25 heavy (non-hydrogen) atoms. The number of amides is 1. The number of aromatic nitrogens is 1. The van der Waals surface area contributed by atoms with E-state index < -0.39 is 6.17 Å². The van der Waals surface area contributed by atoms with Crippen molar-refractivity contribution in [3.05, 3.63) is 74.5 Å². The molecule has 8 heteroatoms. The summed E-state index contributed by atoms with van der Waals surface area (Å²) in [6, 6.07) is 12.1.